The Morgan fingerprint density at radius 3 is 1.93 bits per heavy atom. The molecular formula is C6H5NO6S2-2. The second kappa shape index (κ2) is 3.45. The fraction of sp³-hybridized carbons (Fsp3) is 0. The van der Waals surface area contributed by atoms with Gasteiger partial charge in [0.15, 0.2) is 0 Å². The van der Waals surface area contributed by atoms with Crippen molar-refractivity contribution in [1.82, 2.24) is 0 Å². The molecular weight excluding hydrogens is 246 g/mol. The van der Waals surface area contributed by atoms with Crippen molar-refractivity contribution < 1.29 is 25.9 Å². The van der Waals surface area contributed by atoms with Gasteiger partial charge in [0.05, 0.1) is 9.79 Å². The summed E-state index contributed by atoms with van der Waals surface area (Å²) >= 11 is 0. The van der Waals surface area contributed by atoms with Crippen molar-refractivity contribution in [1.29, 1.82) is 0 Å². The lowest BCUT2D eigenvalue weighted by atomic mass is 10.3. The van der Waals surface area contributed by atoms with Crippen molar-refractivity contribution in [3.63, 3.8) is 0 Å². The summed E-state index contributed by atoms with van der Waals surface area (Å²) in [6, 6.07) is 2.14. The molecule has 7 nitrogen and oxygen atoms in total. The second-order valence-corrected chi connectivity index (χ2v) is 5.34. The van der Waals surface area contributed by atoms with Crippen molar-refractivity contribution in [2.75, 3.05) is 5.73 Å². The third-order valence-corrected chi connectivity index (χ3v) is 3.27. The molecule has 0 saturated carbocycles. The Morgan fingerprint density at radius 2 is 1.53 bits per heavy atom. The number of rotatable bonds is 2. The minimum atomic E-state index is -4.89. The van der Waals surface area contributed by atoms with Crippen LogP contribution < -0.4 is 5.73 Å². The van der Waals surface area contributed by atoms with Crippen LogP contribution in [0.25, 0.3) is 0 Å². The molecule has 9 heteroatoms. The quantitative estimate of drug-likeness (QED) is 0.529. The lowest BCUT2D eigenvalue weighted by Crippen LogP contribution is -2.06. The normalized spacial score (nSPS) is 12.7. The third-order valence-electron chi connectivity index (χ3n) is 1.54. The van der Waals surface area contributed by atoms with E-state index in [1.54, 1.807) is 0 Å². The second-order valence-electron chi connectivity index (χ2n) is 2.61. The number of benzene rings is 1. The van der Waals surface area contributed by atoms with Crippen LogP contribution in [0.3, 0.4) is 0 Å². The molecule has 1 rings (SSSR count). The number of nitrogens with two attached hydrogens (primary N) is 1. The van der Waals surface area contributed by atoms with E-state index < -0.39 is 35.7 Å². The molecule has 0 heterocycles. The van der Waals surface area contributed by atoms with Crippen molar-refractivity contribution in [3.05, 3.63) is 18.2 Å². The lowest BCUT2D eigenvalue weighted by Gasteiger charge is -2.13. The molecule has 0 bridgehead atoms. The van der Waals surface area contributed by atoms with E-state index in [0.29, 0.717) is 6.07 Å². The van der Waals surface area contributed by atoms with E-state index >= 15 is 0 Å². The van der Waals surface area contributed by atoms with E-state index in [9.17, 15) is 25.9 Å². The highest BCUT2D eigenvalue weighted by Gasteiger charge is 2.10. The van der Waals surface area contributed by atoms with Crippen LogP contribution >= 0.6 is 0 Å². The molecule has 2 N–H and O–H groups in total. The summed E-state index contributed by atoms with van der Waals surface area (Å²) in [5, 5.41) is 0. The van der Waals surface area contributed by atoms with Crippen LogP contribution in [0.2, 0.25) is 0 Å². The summed E-state index contributed by atoms with van der Waals surface area (Å²) in [6.45, 7) is 0. The summed E-state index contributed by atoms with van der Waals surface area (Å²) in [4.78, 5) is -1.73. The highest BCUT2D eigenvalue weighted by molar-refractivity contribution is 7.86. The molecule has 0 aliphatic heterocycles. The van der Waals surface area contributed by atoms with Crippen LogP contribution in [0.5, 0.6) is 0 Å². The Hall–Kier alpha value is -1.16. The molecule has 1 aromatic rings. The van der Waals surface area contributed by atoms with Crippen molar-refractivity contribution in [3.8, 4) is 0 Å². The summed E-state index contributed by atoms with van der Waals surface area (Å²) < 4.78 is 63.4. The van der Waals surface area contributed by atoms with Crippen molar-refractivity contribution >= 4 is 25.9 Å². The van der Waals surface area contributed by atoms with Gasteiger partial charge in [0, 0.05) is 5.69 Å². The largest absolute Gasteiger partial charge is 0.744 e. The highest BCUT2D eigenvalue weighted by atomic mass is 32.2. The molecule has 84 valence electrons. The molecule has 0 aliphatic rings. The van der Waals surface area contributed by atoms with Gasteiger partial charge in [-0.2, -0.15) is 0 Å². The van der Waals surface area contributed by atoms with Gasteiger partial charge in [0.2, 0.25) is 0 Å². The first-order valence-electron chi connectivity index (χ1n) is 3.43. The minimum Gasteiger partial charge on any atom is -0.744 e. The van der Waals surface area contributed by atoms with Crippen molar-refractivity contribution in [2.45, 2.75) is 9.79 Å². The van der Waals surface area contributed by atoms with E-state index in [-0.39, 0.29) is 0 Å². The maximum absolute atomic E-state index is 10.6. The van der Waals surface area contributed by atoms with Gasteiger partial charge < -0.3 is 14.8 Å². The molecule has 0 atom stereocenters. The van der Waals surface area contributed by atoms with E-state index in [2.05, 4.69) is 0 Å². The lowest BCUT2D eigenvalue weighted by molar-refractivity contribution is 0.461. The number of hydrogen-bond acceptors (Lipinski definition) is 7. The molecule has 0 fully saturated rings. The zero-order valence-electron chi connectivity index (χ0n) is 7.08. The van der Waals surface area contributed by atoms with E-state index in [1.165, 1.54) is 0 Å². The van der Waals surface area contributed by atoms with E-state index in [0.717, 1.165) is 12.1 Å². The minimum absolute atomic E-state index is 0.405. The van der Waals surface area contributed by atoms with E-state index in [4.69, 9.17) is 5.73 Å². The van der Waals surface area contributed by atoms with E-state index in [1.807, 2.05) is 0 Å². The zero-order chi connectivity index (χ0) is 11.9. The van der Waals surface area contributed by atoms with Crippen LogP contribution in [0, 0.1) is 0 Å². The van der Waals surface area contributed by atoms with Gasteiger partial charge in [0.25, 0.3) is 0 Å². The molecule has 0 saturated heterocycles. The predicted octanol–water partition coefficient (Wildman–Crippen LogP) is -0.923. The Kier molecular flexibility index (Phi) is 2.74. The van der Waals surface area contributed by atoms with Gasteiger partial charge in [-0.1, -0.05) is 0 Å². The molecule has 1 aromatic carbocycles. The highest BCUT2D eigenvalue weighted by Crippen LogP contribution is 2.21. The summed E-state index contributed by atoms with van der Waals surface area (Å²) in [5.41, 5.74) is 4.74. The SMILES string of the molecule is Nc1ccc(S(=O)(=O)[O-])cc1S(=O)(=O)[O-]. The Balaban J connectivity index is 3.57. The number of nitrogen functional groups attached to an aromatic ring is 1. The zero-order valence-corrected chi connectivity index (χ0v) is 8.71. The molecule has 0 radical (unpaired) electrons. The maximum Gasteiger partial charge on any atom is 0.126 e. The molecule has 0 unspecified atom stereocenters. The number of hydrogen-bond donors (Lipinski definition) is 1. The first kappa shape index (κ1) is 11.9. The van der Waals surface area contributed by atoms with Crippen LogP contribution in [0.1, 0.15) is 0 Å². The summed E-state index contributed by atoms with van der Waals surface area (Å²) in [7, 11) is -9.71. The molecule has 0 aromatic heterocycles. The third kappa shape index (κ3) is 2.65. The Labute approximate surface area is 86.0 Å². The maximum atomic E-state index is 10.6. The summed E-state index contributed by atoms with van der Waals surface area (Å²) in [6.07, 6.45) is 0. The first-order valence-corrected chi connectivity index (χ1v) is 6.25. The molecule has 15 heavy (non-hydrogen) atoms. The molecule has 0 amide bonds. The van der Waals surface area contributed by atoms with Crippen LogP contribution in [0.15, 0.2) is 28.0 Å². The standard InChI is InChI=1S/C6H7NO6S2/c7-5-2-1-4(14(8,9)10)3-6(5)15(11,12)13/h1-3H,7H2,(H,8,9,10)(H,11,12,13)/p-2. The molecule has 0 spiro atoms. The van der Waals surface area contributed by atoms with Gasteiger partial charge in [-0.3, -0.25) is 0 Å². The van der Waals surface area contributed by atoms with Gasteiger partial charge in [-0.05, 0) is 18.2 Å². The molecule has 0 aliphatic carbocycles. The van der Waals surface area contributed by atoms with Gasteiger partial charge in [-0.15, -0.1) is 0 Å². The van der Waals surface area contributed by atoms with Gasteiger partial charge >= 0.3 is 0 Å². The van der Waals surface area contributed by atoms with Crippen LogP contribution in [0.4, 0.5) is 5.69 Å². The average Bonchev–Trinajstić information content (AvgIpc) is 2.00. The van der Waals surface area contributed by atoms with Crippen LogP contribution in [-0.4, -0.2) is 25.9 Å². The fourth-order valence-corrected chi connectivity index (χ4v) is 2.09. The van der Waals surface area contributed by atoms with Gasteiger partial charge in [-0.25, -0.2) is 16.8 Å². The fourth-order valence-electron chi connectivity index (χ4n) is 0.887. The van der Waals surface area contributed by atoms with Crippen LogP contribution in [-0.2, 0) is 20.2 Å². The monoisotopic (exact) mass is 251 g/mol. The predicted molar refractivity (Wildman–Crippen MR) is 46.8 cm³/mol. The Morgan fingerprint density at radius 1 is 1.00 bits per heavy atom. The Bertz CT molecular complexity index is 588. The topological polar surface area (TPSA) is 140 Å². The average molecular weight is 251 g/mol. The summed E-state index contributed by atoms with van der Waals surface area (Å²) in [5.74, 6) is 0. The smallest absolute Gasteiger partial charge is 0.126 e. The first-order chi connectivity index (χ1) is 6.62. The van der Waals surface area contributed by atoms with Crippen molar-refractivity contribution in [2.24, 2.45) is 0 Å². The number of anilines is 1. The van der Waals surface area contributed by atoms with Gasteiger partial charge in [0.1, 0.15) is 20.2 Å².